The van der Waals surface area contributed by atoms with Crippen molar-refractivity contribution in [3.05, 3.63) is 83.4 Å². The maximum absolute atomic E-state index is 4.44. The van der Waals surface area contributed by atoms with Gasteiger partial charge in [-0.15, -0.1) is 11.3 Å². The van der Waals surface area contributed by atoms with Crippen molar-refractivity contribution in [2.75, 3.05) is 44.2 Å². The monoisotopic (exact) mass is 392 g/mol. The molecule has 1 aliphatic heterocycles. The fourth-order valence-electron chi connectivity index (χ4n) is 3.77. The van der Waals surface area contributed by atoms with Crippen LogP contribution in [0.25, 0.3) is 0 Å². The second-order valence-electron chi connectivity index (χ2n) is 7.25. The summed E-state index contributed by atoms with van der Waals surface area (Å²) in [5.41, 5.74) is 2.74. The van der Waals surface area contributed by atoms with Gasteiger partial charge in [0.05, 0.1) is 0 Å². The Hall–Kier alpha value is -2.21. The molecule has 28 heavy (non-hydrogen) atoms. The van der Waals surface area contributed by atoms with E-state index in [0.717, 1.165) is 50.8 Å². The van der Waals surface area contributed by atoms with Gasteiger partial charge in [0.25, 0.3) is 0 Å². The zero-order valence-electron chi connectivity index (χ0n) is 16.2. The molecular formula is C23H28N4S. The number of thiazole rings is 1. The van der Waals surface area contributed by atoms with Gasteiger partial charge in [0.2, 0.25) is 0 Å². The summed E-state index contributed by atoms with van der Waals surface area (Å²) in [6.45, 7) is 6.44. The highest BCUT2D eigenvalue weighted by molar-refractivity contribution is 7.13. The molecule has 1 atom stereocenters. The quantitative estimate of drug-likeness (QED) is 0.631. The summed E-state index contributed by atoms with van der Waals surface area (Å²) in [7, 11) is 0. The lowest BCUT2D eigenvalue weighted by atomic mass is 9.99. The Labute approximate surface area is 171 Å². The number of anilines is 1. The molecule has 1 aliphatic rings. The van der Waals surface area contributed by atoms with Gasteiger partial charge >= 0.3 is 0 Å². The molecule has 2 aromatic carbocycles. The normalized spacial score (nSPS) is 16.2. The van der Waals surface area contributed by atoms with Crippen molar-refractivity contribution in [2.45, 2.75) is 12.5 Å². The molecule has 146 valence electrons. The van der Waals surface area contributed by atoms with Crippen molar-refractivity contribution >= 4 is 16.5 Å². The molecule has 0 radical (unpaired) electrons. The van der Waals surface area contributed by atoms with Gasteiger partial charge in [0, 0.05) is 56.9 Å². The number of nitrogens with one attached hydrogen (secondary N) is 1. The number of nitrogens with zero attached hydrogens (tertiary/aromatic N) is 3. The molecule has 1 N–H and O–H groups in total. The van der Waals surface area contributed by atoms with Crippen molar-refractivity contribution in [1.82, 2.24) is 15.2 Å². The number of hydrogen-bond acceptors (Lipinski definition) is 5. The second kappa shape index (κ2) is 9.82. The van der Waals surface area contributed by atoms with E-state index in [9.17, 15) is 0 Å². The fraction of sp³-hybridized carbons (Fsp3) is 0.348. The zero-order chi connectivity index (χ0) is 19.0. The molecule has 1 aromatic heterocycles. The van der Waals surface area contributed by atoms with Crippen LogP contribution in [0.1, 0.15) is 17.2 Å². The minimum Gasteiger partial charge on any atom is -0.346 e. The van der Waals surface area contributed by atoms with Crippen molar-refractivity contribution < 1.29 is 0 Å². The van der Waals surface area contributed by atoms with Crippen LogP contribution in [-0.2, 0) is 6.42 Å². The Morgan fingerprint density at radius 2 is 1.64 bits per heavy atom. The van der Waals surface area contributed by atoms with Crippen molar-refractivity contribution in [3.63, 3.8) is 0 Å². The van der Waals surface area contributed by atoms with Gasteiger partial charge in [-0.2, -0.15) is 0 Å². The van der Waals surface area contributed by atoms with Gasteiger partial charge in [-0.1, -0.05) is 60.7 Å². The fourth-order valence-corrected chi connectivity index (χ4v) is 4.47. The maximum atomic E-state index is 4.44. The third kappa shape index (κ3) is 5.19. The number of hydrogen-bond donors (Lipinski definition) is 1. The molecular weight excluding hydrogens is 364 g/mol. The van der Waals surface area contributed by atoms with Crippen LogP contribution in [0.15, 0.2) is 72.2 Å². The van der Waals surface area contributed by atoms with E-state index in [2.05, 4.69) is 86.1 Å². The van der Waals surface area contributed by atoms with Crippen LogP contribution in [0.5, 0.6) is 0 Å². The third-order valence-corrected chi connectivity index (χ3v) is 6.20. The van der Waals surface area contributed by atoms with Crippen LogP contribution in [0.4, 0.5) is 5.13 Å². The SMILES string of the molecule is c1ccc(CC(NCCN2CCN(c3nccs3)CC2)c2ccccc2)cc1. The minimum absolute atomic E-state index is 0.347. The molecule has 0 amide bonds. The molecule has 1 saturated heterocycles. The summed E-state index contributed by atoms with van der Waals surface area (Å²) in [5.74, 6) is 0. The van der Waals surface area contributed by atoms with Crippen molar-refractivity contribution in [2.24, 2.45) is 0 Å². The van der Waals surface area contributed by atoms with E-state index < -0.39 is 0 Å². The first-order chi connectivity index (χ1) is 13.9. The highest BCUT2D eigenvalue weighted by atomic mass is 32.1. The average molecular weight is 393 g/mol. The maximum Gasteiger partial charge on any atom is 0.185 e. The van der Waals surface area contributed by atoms with E-state index in [1.165, 1.54) is 11.1 Å². The first kappa shape index (κ1) is 19.1. The molecule has 0 aliphatic carbocycles. The third-order valence-electron chi connectivity index (χ3n) is 5.37. The lowest BCUT2D eigenvalue weighted by molar-refractivity contribution is 0.253. The van der Waals surface area contributed by atoms with Gasteiger partial charge in [-0.05, 0) is 17.5 Å². The van der Waals surface area contributed by atoms with Crippen LogP contribution < -0.4 is 10.2 Å². The average Bonchev–Trinajstić information content (AvgIpc) is 3.30. The minimum atomic E-state index is 0.347. The van der Waals surface area contributed by atoms with E-state index in [1.807, 2.05) is 6.20 Å². The Morgan fingerprint density at radius 3 is 2.32 bits per heavy atom. The smallest absolute Gasteiger partial charge is 0.185 e. The molecule has 2 heterocycles. The summed E-state index contributed by atoms with van der Waals surface area (Å²) in [6, 6.07) is 21.9. The summed E-state index contributed by atoms with van der Waals surface area (Å²) >= 11 is 1.73. The van der Waals surface area contributed by atoms with Gasteiger partial charge < -0.3 is 10.2 Å². The van der Waals surface area contributed by atoms with E-state index in [1.54, 1.807) is 11.3 Å². The summed E-state index contributed by atoms with van der Waals surface area (Å²) < 4.78 is 0. The Bertz CT molecular complexity index is 799. The Balaban J connectivity index is 1.28. The summed E-state index contributed by atoms with van der Waals surface area (Å²) in [5, 5.41) is 7.02. The van der Waals surface area contributed by atoms with Crippen LogP contribution >= 0.6 is 11.3 Å². The van der Waals surface area contributed by atoms with Crippen LogP contribution in [-0.4, -0.2) is 49.2 Å². The molecule has 3 aromatic rings. The molecule has 4 nitrogen and oxygen atoms in total. The van der Waals surface area contributed by atoms with E-state index in [0.29, 0.717) is 6.04 Å². The molecule has 5 heteroatoms. The van der Waals surface area contributed by atoms with E-state index in [4.69, 9.17) is 0 Å². The second-order valence-corrected chi connectivity index (χ2v) is 8.12. The first-order valence-corrected chi connectivity index (χ1v) is 11.0. The number of aromatic nitrogens is 1. The van der Waals surface area contributed by atoms with Gasteiger partial charge in [-0.3, -0.25) is 4.90 Å². The Kier molecular flexibility index (Phi) is 6.71. The van der Waals surface area contributed by atoms with Gasteiger partial charge in [0.1, 0.15) is 0 Å². The number of piperazine rings is 1. The van der Waals surface area contributed by atoms with Gasteiger partial charge in [-0.25, -0.2) is 4.98 Å². The molecule has 0 spiro atoms. The van der Waals surface area contributed by atoms with Crippen molar-refractivity contribution in [1.29, 1.82) is 0 Å². The molecule has 1 fully saturated rings. The predicted molar refractivity (Wildman–Crippen MR) is 118 cm³/mol. The lowest BCUT2D eigenvalue weighted by Gasteiger charge is -2.34. The standard InChI is InChI=1S/C23H28N4S/c1-3-7-20(8-4-1)19-22(21-9-5-2-6-10-21)24-11-13-26-14-16-27(17-15-26)23-25-12-18-28-23/h1-10,12,18,22,24H,11,13-17,19H2. The molecule has 4 rings (SSSR count). The van der Waals surface area contributed by atoms with Crippen LogP contribution in [0, 0.1) is 0 Å². The van der Waals surface area contributed by atoms with Gasteiger partial charge in [0.15, 0.2) is 5.13 Å². The van der Waals surface area contributed by atoms with Crippen LogP contribution in [0.3, 0.4) is 0 Å². The highest BCUT2D eigenvalue weighted by Gasteiger charge is 2.19. The molecule has 1 unspecified atom stereocenters. The summed E-state index contributed by atoms with van der Waals surface area (Å²) in [6.07, 6.45) is 2.91. The first-order valence-electron chi connectivity index (χ1n) is 10.1. The zero-order valence-corrected chi connectivity index (χ0v) is 17.0. The van der Waals surface area contributed by atoms with E-state index in [-0.39, 0.29) is 0 Å². The van der Waals surface area contributed by atoms with Crippen molar-refractivity contribution in [3.8, 4) is 0 Å². The highest BCUT2D eigenvalue weighted by Crippen LogP contribution is 2.20. The van der Waals surface area contributed by atoms with Crippen LogP contribution in [0.2, 0.25) is 0 Å². The predicted octanol–water partition coefficient (Wildman–Crippen LogP) is 3.84. The lowest BCUT2D eigenvalue weighted by Crippen LogP contribution is -2.48. The molecule has 0 bridgehead atoms. The molecule has 0 saturated carbocycles. The topological polar surface area (TPSA) is 31.4 Å². The largest absolute Gasteiger partial charge is 0.346 e. The number of rotatable bonds is 8. The summed E-state index contributed by atoms with van der Waals surface area (Å²) in [4.78, 5) is 9.39. The number of benzene rings is 2. The van der Waals surface area contributed by atoms with E-state index >= 15 is 0 Å². The Morgan fingerprint density at radius 1 is 0.929 bits per heavy atom.